The molecule has 2 fully saturated rings. The lowest BCUT2D eigenvalue weighted by Crippen LogP contribution is -2.10. The van der Waals surface area contributed by atoms with E-state index < -0.39 is 0 Å². The molecule has 148 valence electrons. The number of methoxy groups -OCH3 is 1. The van der Waals surface area contributed by atoms with Gasteiger partial charge in [0.15, 0.2) is 0 Å². The van der Waals surface area contributed by atoms with Crippen molar-refractivity contribution < 1.29 is 4.74 Å². The van der Waals surface area contributed by atoms with Gasteiger partial charge in [-0.25, -0.2) is 0 Å². The third-order valence-electron chi connectivity index (χ3n) is 6.80. The second kappa shape index (κ2) is 6.62. The monoisotopic (exact) mass is 385 g/mol. The fourth-order valence-corrected chi connectivity index (χ4v) is 4.58. The molecule has 2 aliphatic rings. The van der Waals surface area contributed by atoms with Crippen LogP contribution in [0.15, 0.2) is 59.5 Å². The maximum atomic E-state index is 12.5. The molecular weight excluding hydrogens is 358 g/mol. The number of benzene rings is 2. The van der Waals surface area contributed by atoms with Gasteiger partial charge in [0.1, 0.15) is 5.75 Å². The van der Waals surface area contributed by atoms with Crippen LogP contribution in [-0.4, -0.2) is 12.1 Å². The topological polar surface area (TPSA) is 42.1 Å². The molecule has 5 rings (SSSR count). The van der Waals surface area contributed by atoms with E-state index in [1.54, 1.807) is 13.3 Å². The van der Waals surface area contributed by atoms with Crippen molar-refractivity contribution in [2.24, 2.45) is 0 Å². The predicted octanol–water partition coefficient (Wildman–Crippen LogP) is 5.68. The van der Waals surface area contributed by atoms with Crippen molar-refractivity contribution in [1.29, 1.82) is 0 Å². The Hall–Kier alpha value is -2.81. The fraction of sp³-hybridized carbons (Fsp3) is 0.346. The first kappa shape index (κ1) is 18.2. The minimum absolute atomic E-state index is 0.0404. The molecule has 2 saturated carbocycles. The molecule has 1 heterocycles. The first-order chi connectivity index (χ1) is 14.0. The molecule has 1 aromatic heterocycles. The van der Waals surface area contributed by atoms with Crippen molar-refractivity contribution in [3.05, 3.63) is 87.3 Å². The predicted molar refractivity (Wildman–Crippen MR) is 117 cm³/mol. The Morgan fingerprint density at radius 3 is 2.48 bits per heavy atom. The van der Waals surface area contributed by atoms with Gasteiger partial charge in [-0.05, 0) is 84.4 Å². The lowest BCUT2D eigenvalue weighted by atomic mass is 9.88. The highest BCUT2D eigenvalue weighted by Gasteiger charge is 2.46. The molecule has 0 spiro atoms. The zero-order valence-electron chi connectivity index (χ0n) is 17.3. The van der Waals surface area contributed by atoms with Crippen molar-refractivity contribution in [1.82, 2.24) is 4.98 Å². The van der Waals surface area contributed by atoms with E-state index in [1.165, 1.54) is 35.1 Å². The van der Waals surface area contributed by atoms with Crippen molar-refractivity contribution >= 4 is 0 Å². The summed E-state index contributed by atoms with van der Waals surface area (Å²) in [4.78, 5) is 15.3. The second-order valence-corrected chi connectivity index (χ2v) is 8.98. The Morgan fingerprint density at radius 2 is 1.83 bits per heavy atom. The van der Waals surface area contributed by atoms with Crippen molar-refractivity contribution in [2.45, 2.75) is 50.4 Å². The Kier molecular flexibility index (Phi) is 4.16. The number of rotatable bonds is 5. The van der Waals surface area contributed by atoms with Crippen LogP contribution in [-0.2, 0) is 5.41 Å². The third kappa shape index (κ3) is 3.19. The Balaban J connectivity index is 1.63. The average Bonchev–Trinajstić information content (AvgIpc) is 3.65. The molecule has 0 radical (unpaired) electrons. The van der Waals surface area contributed by atoms with Gasteiger partial charge in [0.2, 0.25) is 0 Å². The van der Waals surface area contributed by atoms with Gasteiger partial charge < -0.3 is 9.72 Å². The van der Waals surface area contributed by atoms with Crippen LogP contribution in [0.1, 0.15) is 60.3 Å². The molecule has 3 nitrogen and oxygen atoms in total. The molecule has 0 saturated heterocycles. The number of nitrogens with one attached hydrogen (secondary N) is 1. The molecule has 2 unspecified atom stereocenters. The highest BCUT2D eigenvalue weighted by atomic mass is 16.5. The number of ether oxygens (including phenoxy) is 1. The molecular formula is C26H27NO2. The maximum absolute atomic E-state index is 12.5. The number of aryl methyl sites for hydroxylation is 1. The smallest absolute Gasteiger partial charge is 0.255 e. The summed E-state index contributed by atoms with van der Waals surface area (Å²) < 4.78 is 5.98. The molecule has 1 N–H and O–H groups in total. The van der Waals surface area contributed by atoms with Gasteiger partial charge >= 0.3 is 0 Å². The largest absolute Gasteiger partial charge is 0.496 e. The number of aromatic nitrogens is 1. The summed E-state index contributed by atoms with van der Waals surface area (Å²) in [6.07, 6.45) is 5.16. The standard InChI is InChI=1S/C26H27NO2/c1-16-6-8-17(9-7-16)20-15-21(20)22-13-18(19-5-4-12-27-25(19)28)14-23(24(22)29-3)26(2)10-11-26/h4-9,12-14,20-21H,10-11,15H2,1-3H3,(H,27,28). The third-order valence-corrected chi connectivity index (χ3v) is 6.80. The average molecular weight is 386 g/mol. The molecule has 29 heavy (non-hydrogen) atoms. The number of hydrogen-bond donors (Lipinski definition) is 1. The second-order valence-electron chi connectivity index (χ2n) is 8.98. The molecule has 3 heteroatoms. The van der Waals surface area contributed by atoms with Crippen LogP contribution in [0.3, 0.4) is 0 Å². The highest BCUT2D eigenvalue weighted by Crippen LogP contribution is 2.60. The van der Waals surface area contributed by atoms with E-state index in [2.05, 4.69) is 55.2 Å². The van der Waals surface area contributed by atoms with E-state index in [-0.39, 0.29) is 11.0 Å². The van der Waals surface area contributed by atoms with E-state index in [0.717, 1.165) is 23.3 Å². The summed E-state index contributed by atoms with van der Waals surface area (Å²) in [5.74, 6) is 1.99. The Morgan fingerprint density at radius 1 is 1.07 bits per heavy atom. The fourth-order valence-electron chi connectivity index (χ4n) is 4.58. The molecule has 2 atom stereocenters. The van der Waals surface area contributed by atoms with Crippen LogP contribution in [0.5, 0.6) is 5.75 Å². The maximum Gasteiger partial charge on any atom is 0.255 e. The van der Waals surface area contributed by atoms with Crippen LogP contribution in [0.25, 0.3) is 11.1 Å². The van der Waals surface area contributed by atoms with Gasteiger partial charge in [0, 0.05) is 17.3 Å². The number of pyridine rings is 1. The summed E-state index contributed by atoms with van der Waals surface area (Å²) >= 11 is 0. The van der Waals surface area contributed by atoms with Gasteiger partial charge in [0.25, 0.3) is 5.56 Å². The van der Waals surface area contributed by atoms with Crippen LogP contribution in [0.4, 0.5) is 0 Å². The quantitative estimate of drug-likeness (QED) is 0.614. The summed E-state index contributed by atoms with van der Waals surface area (Å²) in [6, 6.07) is 17.1. The minimum Gasteiger partial charge on any atom is -0.496 e. The van der Waals surface area contributed by atoms with Crippen molar-refractivity contribution in [3.8, 4) is 16.9 Å². The molecule has 0 bridgehead atoms. The highest BCUT2D eigenvalue weighted by molar-refractivity contribution is 5.69. The molecule has 3 aromatic rings. The van der Waals surface area contributed by atoms with Crippen LogP contribution >= 0.6 is 0 Å². The van der Waals surface area contributed by atoms with Crippen molar-refractivity contribution in [3.63, 3.8) is 0 Å². The minimum atomic E-state index is -0.0404. The number of hydrogen-bond acceptors (Lipinski definition) is 2. The summed E-state index contributed by atoms with van der Waals surface area (Å²) in [7, 11) is 1.78. The summed E-state index contributed by atoms with van der Waals surface area (Å²) in [6.45, 7) is 4.43. The first-order valence-electron chi connectivity index (χ1n) is 10.5. The summed E-state index contributed by atoms with van der Waals surface area (Å²) in [5.41, 5.74) is 7.04. The van der Waals surface area contributed by atoms with E-state index >= 15 is 0 Å². The molecule has 2 aromatic carbocycles. The lowest BCUT2D eigenvalue weighted by Gasteiger charge is -2.20. The van der Waals surface area contributed by atoms with E-state index in [1.807, 2.05) is 12.1 Å². The SMILES string of the molecule is COc1c(C2CC2c2ccc(C)cc2)cc(-c2ccc[nH]c2=O)cc1C1(C)CC1. The van der Waals surface area contributed by atoms with Gasteiger partial charge in [-0.15, -0.1) is 0 Å². The Bertz CT molecular complexity index is 1120. The van der Waals surface area contributed by atoms with E-state index in [9.17, 15) is 4.79 Å². The van der Waals surface area contributed by atoms with Crippen molar-refractivity contribution in [2.75, 3.05) is 7.11 Å². The van der Waals surface area contributed by atoms with E-state index in [0.29, 0.717) is 11.8 Å². The van der Waals surface area contributed by atoms with Crippen LogP contribution in [0, 0.1) is 6.92 Å². The van der Waals surface area contributed by atoms with Gasteiger partial charge in [-0.3, -0.25) is 4.79 Å². The number of aromatic amines is 1. The van der Waals surface area contributed by atoms with Crippen LogP contribution < -0.4 is 10.3 Å². The number of H-pyrrole nitrogens is 1. The zero-order chi connectivity index (χ0) is 20.2. The van der Waals surface area contributed by atoms with Gasteiger partial charge in [-0.1, -0.05) is 36.8 Å². The van der Waals surface area contributed by atoms with Gasteiger partial charge in [0.05, 0.1) is 7.11 Å². The molecule has 2 aliphatic carbocycles. The first-order valence-corrected chi connectivity index (χ1v) is 10.5. The summed E-state index contributed by atoms with van der Waals surface area (Å²) in [5, 5.41) is 0. The molecule has 0 amide bonds. The van der Waals surface area contributed by atoms with Gasteiger partial charge in [-0.2, -0.15) is 0 Å². The Labute approximate surface area is 171 Å². The lowest BCUT2D eigenvalue weighted by molar-refractivity contribution is 0.400. The molecule has 0 aliphatic heterocycles. The van der Waals surface area contributed by atoms with Crippen LogP contribution in [0.2, 0.25) is 0 Å². The normalized spacial score (nSPS) is 21.6. The zero-order valence-corrected chi connectivity index (χ0v) is 17.3. The van der Waals surface area contributed by atoms with E-state index in [4.69, 9.17) is 4.74 Å².